The predicted octanol–water partition coefficient (Wildman–Crippen LogP) is 3.09. The third-order valence-corrected chi connectivity index (χ3v) is 6.53. The molecular weight excluding hydrogens is 322 g/mol. The highest BCUT2D eigenvalue weighted by Gasteiger charge is 2.34. The normalized spacial score (nSPS) is 14.6. The van der Waals surface area contributed by atoms with Gasteiger partial charge in [0.15, 0.2) is 15.8 Å². The van der Waals surface area contributed by atoms with Crippen LogP contribution in [0.2, 0.25) is 0 Å². The van der Waals surface area contributed by atoms with Crippen molar-refractivity contribution in [3.8, 4) is 0 Å². The lowest BCUT2D eigenvalue weighted by molar-refractivity contribution is 0.550. The zero-order chi connectivity index (χ0) is 18.8. The molecule has 5 nitrogen and oxygen atoms in total. The van der Waals surface area contributed by atoms with Gasteiger partial charge in [0, 0.05) is 0 Å². The van der Waals surface area contributed by atoms with Gasteiger partial charge in [0.2, 0.25) is 0 Å². The van der Waals surface area contributed by atoms with Crippen molar-refractivity contribution < 1.29 is 8.42 Å². The van der Waals surface area contributed by atoms with Gasteiger partial charge < -0.3 is 11.5 Å². The van der Waals surface area contributed by atoms with Gasteiger partial charge >= 0.3 is 0 Å². The summed E-state index contributed by atoms with van der Waals surface area (Å²) in [5.74, 6) is -0.183. The van der Waals surface area contributed by atoms with Gasteiger partial charge in [0.25, 0.3) is 0 Å². The summed E-state index contributed by atoms with van der Waals surface area (Å²) in [6, 6.07) is 0. The second kappa shape index (κ2) is 10.3. The quantitative estimate of drug-likeness (QED) is 0.338. The Balaban J connectivity index is 4.74. The summed E-state index contributed by atoms with van der Waals surface area (Å²) in [5, 5.41) is 0. The Bertz CT molecular complexity index is 596. The zero-order valence-corrected chi connectivity index (χ0v) is 16.3. The van der Waals surface area contributed by atoms with Gasteiger partial charge in [-0.1, -0.05) is 29.4 Å². The lowest BCUT2D eigenvalue weighted by Gasteiger charge is -2.25. The molecule has 0 saturated carbocycles. The fourth-order valence-corrected chi connectivity index (χ4v) is 3.69. The Hall–Kier alpha value is -1.56. The molecule has 0 aromatic heterocycles. The molecule has 0 saturated heterocycles. The van der Waals surface area contributed by atoms with Gasteiger partial charge in [-0.25, -0.2) is 8.42 Å². The van der Waals surface area contributed by atoms with Gasteiger partial charge in [-0.15, -0.1) is 6.58 Å². The summed E-state index contributed by atoms with van der Waals surface area (Å²) >= 11 is 0. The standard InChI is InChI=1S/C18H33N3O2S/c1-6-18(5,24(22,23)14-13-21-17(19)20)12-8-11-16(4)10-7-9-15(2)3/h6,9,11H,1,7-8,10,12-14H2,2-5H3,(H4,19,20,21)/b16-11+/t18-/m0/s1. The molecular formula is C18H33N3O2S. The van der Waals surface area contributed by atoms with Crippen molar-refractivity contribution >= 4 is 15.8 Å². The Morgan fingerprint density at radius 1 is 1.17 bits per heavy atom. The first-order valence-electron chi connectivity index (χ1n) is 8.24. The van der Waals surface area contributed by atoms with Crippen LogP contribution in [0.15, 0.2) is 40.9 Å². The number of rotatable bonds is 11. The molecule has 0 aromatic rings. The SMILES string of the molecule is C=C[C@@](C)(CC/C=C(\C)CCC=C(C)C)S(=O)(=O)CCN=C(N)N. The number of allylic oxidation sites excluding steroid dienone is 4. The highest BCUT2D eigenvalue weighted by molar-refractivity contribution is 7.93. The number of hydrogen-bond acceptors (Lipinski definition) is 3. The fourth-order valence-electron chi connectivity index (χ4n) is 2.21. The van der Waals surface area contributed by atoms with E-state index in [2.05, 4.69) is 44.5 Å². The number of nitrogens with two attached hydrogens (primary N) is 2. The summed E-state index contributed by atoms with van der Waals surface area (Å²) in [4.78, 5) is 3.76. The van der Waals surface area contributed by atoms with E-state index in [9.17, 15) is 8.42 Å². The maximum atomic E-state index is 12.5. The minimum atomic E-state index is -3.37. The lowest BCUT2D eigenvalue weighted by atomic mass is 10.0. The number of sulfone groups is 1. The molecule has 0 unspecified atom stereocenters. The molecule has 0 heterocycles. The average molecular weight is 356 g/mol. The maximum Gasteiger partial charge on any atom is 0.185 e. The molecule has 6 heteroatoms. The van der Waals surface area contributed by atoms with Crippen LogP contribution in [-0.4, -0.2) is 31.4 Å². The molecule has 0 amide bonds. The Kier molecular flexibility index (Phi) is 9.66. The Morgan fingerprint density at radius 2 is 1.79 bits per heavy atom. The van der Waals surface area contributed by atoms with E-state index >= 15 is 0 Å². The van der Waals surface area contributed by atoms with Crippen LogP contribution in [0.25, 0.3) is 0 Å². The summed E-state index contributed by atoms with van der Waals surface area (Å²) in [7, 11) is -3.37. The number of guanidine groups is 1. The summed E-state index contributed by atoms with van der Waals surface area (Å²) in [6.07, 6.45) is 9.05. The second-order valence-corrected chi connectivity index (χ2v) is 9.12. The highest BCUT2D eigenvalue weighted by Crippen LogP contribution is 2.26. The summed E-state index contributed by atoms with van der Waals surface area (Å²) < 4.78 is 24.1. The van der Waals surface area contributed by atoms with Crippen LogP contribution in [0.1, 0.15) is 53.4 Å². The van der Waals surface area contributed by atoms with E-state index in [1.807, 2.05) is 0 Å². The van der Waals surface area contributed by atoms with E-state index in [-0.39, 0.29) is 18.3 Å². The number of aliphatic imine (C=N–C) groups is 1. The molecule has 0 rings (SSSR count). The van der Waals surface area contributed by atoms with Crippen molar-refractivity contribution in [1.82, 2.24) is 0 Å². The molecule has 1 atom stereocenters. The van der Waals surface area contributed by atoms with E-state index in [1.54, 1.807) is 6.92 Å². The average Bonchev–Trinajstić information content (AvgIpc) is 2.45. The molecule has 0 spiro atoms. The minimum Gasteiger partial charge on any atom is -0.370 e. The molecule has 0 aliphatic carbocycles. The van der Waals surface area contributed by atoms with Crippen LogP contribution in [0.3, 0.4) is 0 Å². The van der Waals surface area contributed by atoms with Crippen LogP contribution in [-0.2, 0) is 9.84 Å². The third-order valence-electron chi connectivity index (χ3n) is 4.02. The number of hydrogen-bond donors (Lipinski definition) is 2. The highest BCUT2D eigenvalue weighted by atomic mass is 32.2. The monoisotopic (exact) mass is 355 g/mol. The number of nitrogens with zero attached hydrogens (tertiary/aromatic N) is 1. The van der Waals surface area contributed by atoms with E-state index in [4.69, 9.17) is 11.5 Å². The smallest absolute Gasteiger partial charge is 0.185 e. The fraction of sp³-hybridized carbons (Fsp3) is 0.611. The van der Waals surface area contributed by atoms with Crippen molar-refractivity contribution in [3.63, 3.8) is 0 Å². The summed E-state index contributed by atoms with van der Waals surface area (Å²) in [6.45, 7) is 11.7. The van der Waals surface area contributed by atoms with Crippen molar-refractivity contribution in [2.24, 2.45) is 16.5 Å². The van der Waals surface area contributed by atoms with Crippen LogP contribution in [0.4, 0.5) is 0 Å². The predicted molar refractivity (Wildman–Crippen MR) is 105 cm³/mol. The minimum absolute atomic E-state index is 0.0751. The molecule has 4 N–H and O–H groups in total. The van der Waals surface area contributed by atoms with Crippen LogP contribution in [0.5, 0.6) is 0 Å². The van der Waals surface area contributed by atoms with E-state index in [0.717, 1.165) is 12.8 Å². The largest absolute Gasteiger partial charge is 0.370 e. The second-order valence-electron chi connectivity index (χ2n) is 6.55. The molecule has 0 aromatic carbocycles. The molecule has 0 fully saturated rings. The van der Waals surface area contributed by atoms with Gasteiger partial charge in [0.1, 0.15) is 0 Å². The maximum absolute atomic E-state index is 12.5. The summed E-state index contributed by atoms with van der Waals surface area (Å²) in [5.41, 5.74) is 13.1. The molecule has 0 aliphatic heterocycles. The molecule has 0 aliphatic rings. The first-order chi connectivity index (χ1) is 11.0. The topological polar surface area (TPSA) is 98.5 Å². The van der Waals surface area contributed by atoms with Crippen LogP contribution in [0, 0.1) is 0 Å². The van der Waals surface area contributed by atoms with Crippen LogP contribution < -0.4 is 11.5 Å². The molecule has 24 heavy (non-hydrogen) atoms. The van der Waals surface area contributed by atoms with Gasteiger partial charge in [-0.2, -0.15) is 0 Å². The molecule has 0 bridgehead atoms. The van der Waals surface area contributed by atoms with E-state index in [1.165, 1.54) is 17.2 Å². The van der Waals surface area contributed by atoms with Gasteiger partial charge in [-0.05, 0) is 53.4 Å². The first-order valence-corrected chi connectivity index (χ1v) is 9.89. The molecule has 138 valence electrons. The van der Waals surface area contributed by atoms with Crippen molar-refractivity contribution in [2.75, 3.05) is 12.3 Å². The first kappa shape index (κ1) is 22.4. The Labute approximate surface area is 147 Å². The van der Waals surface area contributed by atoms with Crippen molar-refractivity contribution in [2.45, 2.75) is 58.1 Å². The van der Waals surface area contributed by atoms with E-state index < -0.39 is 14.6 Å². The zero-order valence-electron chi connectivity index (χ0n) is 15.5. The van der Waals surface area contributed by atoms with Crippen molar-refractivity contribution in [1.29, 1.82) is 0 Å². The van der Waals surface area contributed by atoms with Gasteiger partial charge in [0.05, 0.1) is 17.0 Å². The van der Waals surface area contributed by atoms with E-state index in [0.29, 0.717) is 12.8 Å². The third kappa shape index (κ3) is 8.34. The van der Waals surface area contributed by atoms with Crippen molar-refractivity contribution in [3.05, 3.63) is 36.0 Å². The Morgan fingerprint density at radius 3 is 2.29 bits per heavy atom. The van der Waals surface area contributed by atoms with Gasteiger partial charge in [-0.3, -0.25) is 4.99 Å². The lowest BCUT2D eigenvalue weighted by Crippen LogP contribution is -2.36. The molecule has 0 radical (unpaired) electrons. The van der Waals surface area contributed by atoms with Crippen LogP contribution >= 0.6 is 0 Å².